The Bertz CT molecular complexity index is 368. The minimum Gasteiger partial charge on any atom is -0.480 e. The minimum atomic E-state index is -0.840. The van der Waals surface area contributed by atoms with Crippen LogP contribution in [0.15, 0.2) is 22.7 Å². The molecular formula is C10H13BrN2O2. The van der Waals surface area contributed by atoms with E-state index >= 15 is 0 Å². The fourth-order valence-corrected chi connectivity index (χ4v) is 1.67. The number of likely N-dealkylation sites (N-methyl/N-ethyl adjacent to an activating group) is 1. The second-order valence-corrected chi connectivity index (χ2v) is 4.32. The first-order chi connectivity index (χ1) is 6.99. The normalized spacial score (nSPS) is 10.6. The molecule has 0 aromatic heterocycles. The van der Waals surface area contributed by atoms with Crippen molar-refractivity contribution < 1.29 is 9.90 Å². The SMILES string of the molecule is CN(CC(=O)O)Cc1ccc(Br)cc1N. The number of halogens is 1. The Balaban J connectivity index is 2.68. The number of nitrogen functional groups attached to an aromatic ring is 1. The van der Waals surface area contributed by atoms with Crippen molar-refractivity contribution in [1.82, 2.24) is 4.90 Å². The highest BCUT2D eigenvalue weighted by atomic mass is 79.9. The zero-order valence-corrected chi connectivity index (χ0v) is 9.99. The maximum atomic E-state index is 10.5. The van der Waals surface area contributed by atoms with Gasteiger partial charge in [0.1, 0.15) is 0 Å². The highest BCUT2D eigenvalue weighted by molar-refractivity contribution is 9.10. The summed E-state index contributed by atoms with van der Waals surface area (Å²) in [6.45, 7) is 0.543. The number of hydrogen-bond donors (Lipinski definition) is 2. The van der Waals surface area contributed by atoms with Crippen molar-refractivity contribution in [2.24, 2.45) is 0 Å². The molecule has 0 aliphatic carbocycles. The van der Waals surface area contributed by atoms with Gasteiger partial charge in [-0.3, -0.25) is 9.69 Å². The molecular weight excluding hydrogens is 260 g/mol. The van der Waals surface area contributed by atoms with Gasteiger partial charge >= 0.3 is 5.97 Å². The van der Waals surface area contributed by atoms with E-state index in [1.165, 1.54) is 0 Å². The topological polar surface area (TPSA) is 66.6 Å². The summed E-state index contributed by atoms with van der Waals surface area (Å²) in [4.78, 5) is 12.2. The molecule has 1 aromatic carbocycles. The van der Waals surface area contributed by atoms with Crippen LogP contribution in [0.25, 0.3) is 0 Å². The molecule has 4 nitrogen and oxygen atoms in total. The number of rotatable bonds is 4. The maximum Gasteiger partial charge on any atom is 0.317 e. The minimum absolute atomic E-state index is 0.00943. The van der Waals surface area contributed by atoms with Crippen LogP contribution in [0, 0.1) is 0 Å². The van der Waals surface area contributed by atoms with Crippen LogP contribution >= 0.6 is 15.9 Å². The zero-order chi connectivity index (χ0) is 11.4. The lowest BCUT2D eigenvalue weighted by atomic mass is 10.2. The van der Waals surface area contributed by atoms with E-state index in [1.807, 2.05) is 18.2 Å². The van der Waals surface area contributed by atoms with E-state index in [-0.39, 0.29) is 6.54 Å². The summed E-state index contributed by atoms with van der Waals surface area (Å²) >= 11 is 3.32. The van der Waals surface area contributed by atoms with Crippen LogP contribution in [0.1, 0.15) is 5.56 Å². The molecule has 0 aliphatic heterocycles. The second kappa shape index (κ2) is 5.14. The van der Waals surface area contributed by atoms with Crippen LogP contribution < -0.4 is 5.73 Å². The Labute approximate surface area is 96.8 Å². The molecule has 1 aromatic rings. The monoisotopic (exact) mass is 272 g/mol. The fraction of sp³-hybridized carbons (Fsp3) is 0.300. The summed E-state index contributed by atoms with van der Waals surface area (Å²) in [5.74, 6) is -0.840. The van der Waals surface area contributed by atoms with Crippen LogP contribution in [0.3, 0.4) is 0 Å². The van der Waals surface area contributed by atoms with Gasteiger partial charge < -0.3 is 10.8 Å². The van der Waals surface area contributed by atoms with Gasteiger partial charge in [0.05, 0.1) is 6.54 Å². The van der Waals surface area contributed by atoms with E-state index in [2.05, 4.69) is 15.9 Å². The fourth-order valence-electron chi connectivity index (χ4n) is 1.29. The van der Waals surface area contributed by atoms with Crippen molar-refractivity contribution in [2.45, 2.75) is 6.54 Å². The lowest BCUT2D eigenvalue weighted by Gasteiger charge is -2.15. The summed E-state index contributed by atoms with van der Waals surface area (Å²) in [7, 11) is 1.75. The van der Waals surface area contributed by atoms with Crippen molar-refractivity contribution in [2.75, 3.05) is 19.3 Å². The summed E-state index contributed by atoms with van der Waals surface area (Å²) in [5, 5.41) is 8.59. The first kappa shape index (κ1) is 12.0. The van der Waals surface area contributed by atoms with E-state index < -0.39 is 5.97 Å². The first-order valence-corrected chi connectivity index (χ1v) is 5.22. The molecule has 0 radical (unpaired) electrons. The second-order valence-electron chi connectivity index (χ2n) is 3.41. The van der Waals surface area contributed by atoms with E-state index in [4.69, 9.17) is 10.8 Å². The van der Waals surface area contributed by atoms with E-state index in [9.17, 15) is 4.79 Å². The van der Waals surface area contributed by atoms with Crippen LogP contribution in [0.4, 0.5) is 5.69 Å². The van der Waals surface area contributed by atoms with Crippen LogP contribution in [0.2, 0.25) is 0 Å². The molecule has 0 saturated carbocycles. The molecule has 0 heterocycles. The van der Waals surface area contributed by atoms with Crippen molar-refractivity contribution >= 4 is 27.6 Å². The lowest BCUT2D eigenvalue weighted by Crippen LogP contribution is -2.25. The average Bonchev–Trinajstić information content (AvgIpc) is 2.08. The number of carboxylic acid groups (broad SMARTS) is 1. The Hall–Kier alpha value is -1.07. The van der Waals surface area contributed by atoms with Gasteiger partial charge in [-0.2, -0.15) is 0 Å². The quantitative estimate of drug-likeness (QED) is 0.817. The van der Waals surface area contributed by atoms with Crippen molar-refractivity contribution in [3.63, 3.8) is 0 Å². The van der Waals surface area contributed by atoms with Crippen LogP contribution in [-0.4, -0.2) is 29.6 Å². The summed E-state index contributed by atoms with van der Waals surface area (Å²) in [5.41, 5.74) is 7.40. The molecule has 1 rings (SSSR count). The van der Waals surface area contributed by atoms with E-state index in [0.717, 1.165) is 10.0 Å². The molecule has 0 spiro atoms. The van der Waals surface area contributed by atoms with Crippen molar-refractivity contribution in [3.05, 3.63) is 28.2 Å². The van der Waals surface area contributed by atoms with E-state index in [0.29, 0.717) is 12.2 Å². The molecule has 3 N–H and O–H groups in total. The Kier molecular flexibility index (Phi) is 4.11. The molecule has 0 saturated heterocycles. The number of carboxylic acids is 1. The van der Waals surface area contributed by atoms with Gasteiger partial charge in [-0.05, 0) is 24.7 Å². The Morgan fingerprint density at radius 2 is 2.27 bits per heavy atom. The standard InChI is InChI=1S/C10H13BrN2O2/c1-13(6-10(14)15)5-7-2-3-8(11)4-9(7)12/h2-4H,5-6,12H2,1H3,(H,14,15). The number of nitrogens with zero attached hydrogens (tertiary/aromatic N) is 1. The maximum absolute atomic E-state index is 10.5. The van der Waals surface area contributed by atoms with E-state index in [1.54, 1.807) is 11.9 Å². The highest BCUT2D eigenvalue weighted by Crippen LogP contribution is 2.19. The number of benzene rings is 1. The third kappa shape index (κ3) is 3.89. The number of anilines is 1. The predicted molar refractivity (Wildman–Crippen MR) is 62.5 cm³/mol. The summed E-state index contributed by atoms with van der Waals surface area (Å²) in [6, 6.07) is 5.59. The first-order valence-electron chi connectivity index (χ1n) is 4.43. The van der Waals surface area contributed by atoms with Gasteiger partial charge in [0, 0.05) is 16.7 Å². The van der Waals surface area contributed by atoms with Gasteiger partial charge in [-0.25, -0.2) is 0 Å². The number of carbonyl (C=O) groups is 1. The number of aliphatic carboxylic acids is 1. The molecule has 0 atom stereocenters. The van der Waals surface area contributed by atoms with Crippen molar-refractivity contribution in [1.29, 1.82) is 0 Å². The van der Waals surface area contributed by atoms with Gasteiger partial charge in [0.15, 0.2) is 0 Å². The molecule has 15 heavy (non-hydrogen) atoms. The zero-order valence-electron chi connectivity index (χ0n) is 8.40. The molecule has 82 valence electrons. The largest absolute Gasteiger partial charge is 0.480 e. The number of hydrogen-bond acceptors (Lipinski definition) is 3. The summed E-state index contributed by atoms with van der Waals surface area (Å²) in [6.07, 6.45) is 0. The number of nitrogens with two attached hydrogens (primary N) is 1. The Morgan fingerprint density at radius 1 is 1.60 bits per heavy atom. The van der Waals surface area contributed by atoms with Gasteiger partial charge in [0.25, 0.3) is 0 Å². The third-order valence-corrected chi connectivity index (χ3v) is 2.45. The molecule has 0 aliphatic rings. The molecule has 0 amide bonds. The van der Waals surface area contributed by atoms with Gasteiger partial charge in [0.2, 0.25) is 0 Å². The molecule has 0 fully saturated rings. The van der Waals surface area contributed by atoms with Crippen LogP contribution in [0.5, 0.6) is 0 Å². The van der Waals surface area contributed by atoms with Gasteiger partial charge in [-0.1, -0.05) is 22.0 Å². The molecule has 0 unspecified atom stereocenters. The highest BCUT2D eigenvalue weighted by Gasteiger charge is 2.07. The Morgan fingerprint density at radius 3 is 2.80 bits per heavy atom. The molecule has 0 bridgehead atoms. The average molecular weight is 273 g/mol. The predicted octanol–water partition coefficient (Wildman–Crippen LogP) is 1.55. The summed E-state index contributed by atoms with van der Waals surface area (Å²) < 4.78 is 0.921. The third-order valence-electron chi connectivity index (χ3n) is 1.95. The smallest absolute Gasteiger partial charge is 0.317 e. The molecule has 5 heteroatoms. The van der Waals surface area contributed by atoms with Gasteiger partial charge in [-0.15, -0.1) is 0 Å². The van der Waals surface area contributed by atoms with Crippen LogP contribution in [-0.2, 0) is 11.3 Å². The van der Waals surface area contributed by atoms with Crippen molar-refractivity contribution in [3.8, 4) is 0 Å². The lowest BCUT2D eigenvalue weighted by molar-refractivity contribution is -0.138.